The Labute approximate surface area is 167 Å². The summed E-state index contributed by atoms with van der Waals surface area (Å²) < 4.78 is 0. The smallest absolute Gasteiger partial charge is 0.226 e. The molecule has 1 aliphatic rings. The van der Waals surface area contributed by atoms with Crippen molar-refractivity contribution >= 4 is 28.9 Å². The van der Waals surface area contributed by atoms with Gasteiger partial charge in [0.05, 0.1) is 0 Å². The molecule has 1 N–H and O–H groups in total. The van der Waals surface area contributed by atoms with Gasteiger partial charge in [-0.05, 0) is 62.6 Å². The van der Waals surface area contributed by atoms with Crippen LogP contribution < -0.4 is 15.1 Å². The van der Waals surface area contributed by atoms with Crippen LogP contribution in [0.5, 0.6) is 0 Å². The number of hydrogen-bond acceptors (Lipinski definition) is 3. The maximum Gasteiger partial charge on any atom is 0.226 e. The first-order valence-electron chi connectivity index (χ1n) is 9.94. The van der Waals surface area contributed by atoms with Crippen molar-refractivity contribution in [2.24, 2.45) is 0 Å². The predicted molar refractivity (Wildman–Crippen MR) is 115 cm³/mol. The number of benzene rings is 2. The van der Waals surface area contributed by atoms with Gasteiger partial charge in [0.1, 0.15) is 0 Å². The molecule has 2 amide bonds. The largest absolute Gasteiger partial charge is 0.372 e. The first-order chi connectivity index (χ1) is 13.4. The number of nitrogens with zero attached hydrogens (tertiary/aromatic N) is 2. The van der Waals surface area contributed by atoms with Crippen molar-refractivity contribution in [3.8, 4) is 0 Å². The van der Waals surface area contributed by atoms with E-state index in [2.05, 4.69) is 22.3 Å². The van der Waals surface area contributed by atoms with E-state index >= 15 is 0 Å². The molecule has 1 fully saturated rings. The molecule has 28 heavy (non-hydrogen) atoms. The number of anilines is 3. The zero-order chi connectivity index (χ0) is 20.1. The van der Waals surface area contributed by atoms with E-state index < -0.39 is 0 Å². The highest BCUT2D eigenvalue weighted by Crippen LogP contribution is 2.23. The van der Waals surface area contributed by atoms with E-state index in [1.165, 1.54) is 25.5 Å². The van der Waals surface area contributed by atoms with E-state index in [0.717, 1.165) is 35.6 Å². The quantitative estimate of drug-likeness (QED) is 0.815. The molecule has 0 saturated carbocycles. The van der Waals surface area contributed by atoms with E-state index in [-0.39, 0.29) is 18.2 Å². The van der Waals surface area contributed by atoms with Gasteiger partial charge in [-0.3, -0.25) is 9.59 Å². The number of hydrogen-bond donors (Lipinski definition) is 1. The van der Waals surface area contributed by atoms with E-state index in [9.17, 15) is 9.59 Å². The molecule has 0 spiro atoms. The van der Waals surface area contributed by atoms with Gasteiger partial charge in [0.25, 0.3) is 0 Å². The third-order valence-corrected chi connectivity index (χ3v) is 5.21. The second-order valence-corrected chi connectivity index (χ2v) is 7.50. The lowest BCUT2D eigenvalue weighted by Crippen LogP contribution is -2.32. The van der Waals surface area contributed by atoms with Gasteiger partial charge in [0.2, 0.25) is 11.8 Å². The molecular formula is C23H29N3O2. The van der Waals surface area contributed by atoms with E-state index in [0.29, 0.717) is 6.54 Å². The summed E-state index contributed by atoms with van der Waals surface area (Å²) >= 11 is 0. The molecule has 0 aliphatic carbocycles. The Morgan fingerprint density at radius 3 is 2.32 bits per heavy atom. The monoisotopic (exact) mass is 379 g/mol. The fourth-order valence-corrected chi connectivity index (χ4v) is 3.72. The van der Waals surface area contributed by atoms with Crippen LogP contribution in [0.15, 0.2) is 42.5 Å². The summed E-state index contributed by atoms with van der Waals surface area (Å²) in [4.78, 5) is 28.5. The van der Waals surface area contributed by atoms with Crippen molar-refractivity contribution < 1.29 is 9.59 Å². The molecule has 148 valence electrons. The van der Waals surface area contributed by atoms with Crippen LogP contribution in [0.3, 0.4) is 0 Å². The topological polar surface area (TPSA) is 52.7 Å². The zero-order valence-electron chi connectivity index (χ0n) is 17.0. The molecule has 0 bridgehead atoms. The lowest BCUT2D eigenvalue weighted by atomic mass is 10.1. The lowest BCUT2D eigenvalue weighted by molar-refractivity contribution is -0.117. The fourth-order valence-electron chi connectivity index (χ4n) is 3.72. The van der Waals surface area contributed by atoms with Crippen LogP contribution in [0, 0.1) is 13.8 Å². The summed E-state index contributed by atoms with van der Waals surface area (Å²) in [5.41, 5.74) is 5.04. The summed E-state index contributed by atoms with van der Waals surface area (Å²) in [7, 11) is 0. The van der Waals surface area contributed by atoms with Crippen molar-refractivity contribution in [2.45, 2.75) is 40.0 Å². The number of carbonyl (C=O) groups is 2. The number of amides is 2. The van der Waals surface area contributed by atoms with E-state index in [4.69, 9.17) is 0 Å². The van der Waals surface area contributed by atoms with Crippen molar-refractivity contribution in [1.82, 2.24) is 0 Å². The van der Waals surface area contributed by atoms with E-state index in [1.807, 2.05) is 44.2 Å². The molecular weight excluding hydrogens is 350 g/mol. The first kappa shape index (κ1) is 19.9. The standard InChI is InChI=1S/C23H29N3O2/c1-17-6-11-22(18(2)16-17)26(19(3)27)15-12-23(28)24-20-7-9-21(10-8-20)25-13-4-5-14-25/h6-11,16H,4-5,12-15H2,1-3H3,(H,24,28). The van der Waals surface area contributed by atoms with Gasteiger partial charge in [-0.2, -0.15) is 0 Å². The Balaban J connectivity index is 1.58. The average Bonchev–Trinajstić information content (AvgIpc) is 3.18. The average molecular weight is 380 g/mol. The molecule has 5 nitrogen and oxygen atoms in total. The van der Waals surface area contributed by atoms with Crippen LogP contribution in [0.2, 0.25) is 0 Å². The van der Waals surface area contributed by atoms with Crippen LogP contribution in [-0.2, 0) is 9.59 Å². The number of rotatable bonds is 6. The minimum absolute atomic E-state index is 0.0604. The molecule has 0 atom stereocenters. The third-order valence-electron chi connectivity index (χ3n) is 5.21. The Morgan fingerprint density at radius 1 is 1.04 bits per heavy atom. The maximum atomic E-state index is 12.4. The van der Waals surface area contributed by atoms with Crippen LogP contribution in [0.1, 0.15) is 37.3 Å². The van der Waals surface area contributed by atoms with Crippen LogP contribution >= 0.6 is 0 Å². The van der Waals surface area contributed by atoms with Crippen molar-refractivity contribution in [3.63, 3.8) is 0 Å². The van der Waals surface area contributed by atoms with Gasteiger partial charge < -0.3 is 15.1 Å². The molecule has 5 heteroatoms. The second kappa shape index (κ2) is 8.91. The van der Waals surface area contributed by atoms with Crippen LogP contribution in [-0.4, -0.2) is 31.4 Å². The molecule has 1 aliphatic heterocycles. The predicted octanol–water partition coefficient (Wildman–Crippen LogP) is 4.29. The van der Waals surface area contributed by atoms with Crippen molar-refractivity contribution in [3.05, 3.63) is 53.6 Å². The van der Waals surface area contributed by atoms with Gasteiger partial charge in [0, 0.05) is 50.0 Å². The lowest BCUT2D eigenvalue weighted by Gasteiger charge is -2.23. The second-order valence-electron chi connectivity index (χ2n) is 7.50. The highest BCUT2D eigenvalue weighted by atomic mass is 16.2. The van der Waals surface area contributed by atoms with Gasteiger partial charge in [-0.25, -0.2) is 0 Å². The van der Waals surface area contributed by atoms with Crippen LogP contribution in [0.4, 0.5) is 17.1 Å². The summed E-state index contributed by atoms with van der Waals surface area (Å²) in [5.74, 6) is -0.153. The molecule has 3 rings (SSSR count). The fraction of sp³-hybridized carbons (Fsp3) is 0.391. The Hall–Kier alpha value is -2.82. The molecule has 0 aromatic heterocycles. The van der Waals surface area contributed by atoms with Gasteiger partial charge in [-0.1, -0.05) is 17.7 Å². The zero-order valence-corrected chi connectivity index (χ0v) is 17.0. The minimum atomic E-state index is -0.0927. The molecule has 2 aromatic rings. The Kier molecular flexibility index (Phi) is 6.34. The summed E-state index contributed by atoms with van der Waals surface area (Å²) in [6.45, 7) is 8.11. The Bertz CT molecular complexity index is 839. The number of carbonyl (C=O) groups excluding carboxylic acids is 2. The van der Waals surface area contributed by atoms with Gasteiger partial charge in [0.15, 0.2) is 0 Å². The highest BCUT2D eigenvalue weighted by molar-refractivity contribution is 5.95. The van der Waals surface area contributed by atoms with E-state index in [1.54, 1.807) is 4.90 Å². The summed E-state index contributed by atoms with van der Waals surface area (Å²) in [6.07, 6.45) is 2.73. The SMILES string of the molecule is CC(=O)N(CCC(=O)Nc1ccc(N2CCCC2)cc1)c1ccc(C)cc1C. The summed E-state index contributed by atoms with van der Waals surface area (Å²) in [6, 6.07) is 14.0. The Morgan fingerprint density at radius 2 is 1.71 bits per heavy atom. The molecule has 0 unspecified atom stereocenters. The molecule has 0 radical (unpaired) electrons. The summed E-state index contributed by atoms with van der Waals surface area (Å²) in [5, 5.41) is 2.93. The number of nitrogens with one attached hydrogen (secondary N) is 1. The molecule has 1 saturated heterocycles. The van der Waals surface area contributed by atoms with Crippen molar-refractivity contribution in [1.29, 1.82) is 0 Å². The minimum Gasteiger partial charge on any atom is -0.372 e. The van der Waals surface area contributed by atoms with Crippen LogP contribution in [0.25, 0.3) is 0 Å². The molecule has 1 heterocycles. The third kappa shape index (κ3) is 4.91. The first-order valence-corrected chi connectivity index (χ1v) is 9.94. The maximum absolute atomic E-state index is 12.4. The van der Waals surface area contributed by atoms with Crippen molar-refractivity contribution in [2.75, 3.05) is 34.8 Å². The van der Waals surface area contributed by atoms with Gasteiger partial charge in [-0.15, -0.1) is 0 Å². The normalized spacial score (nSPS) is 13.5. The highest BCUT2D eigenvalue weighted by Gasteiger charge is 2.16. The van der Waals surface area contributed by atoms with Gasteiger partial charge >= 0.3 is 0 Å². The number of aryl methyl sites for hydroxylation is 2. The molecule has 2 aromatic carbocycles.